The zero-order valence-corrected chi connectivity index (χ0v) is 11.1. The van der Waals surface area contributed by atoms with E-state index in [0.29, 0.717) is 0 Å². The maximum Gasteiger partial charge on any atom is 0.371 e. The fourth-order valence-corrected chi connectivity index (χ4v) is 1.76. The molecule has 1 aromatic heterocycles. The normalized spacial score (nSPS) is 10.4. The van der Waals surface area contributed by atoms with Crippen LogP contribution in [-0.2, 0) is 6.54 Å². The van der Waals surface area contributed by atoms with Gasteiger partial charge in [0.2, 0.25) is 5.76 Å². The van der Waals surface area contributed by atoms with Gasteiger partial charge in [0.05, 0.1) is 16.5 Å². The van der Waals surface area contributed by atoms with E-state index in [1.54, 1.807) is 0 Å². The molecular weight excluding hydrogens is 307 g/mol. The maximum atomic E-state index is 13.4. The van der Waals surface area contributed by atoms with Crippen LogP contribution >= 0.6 is 11.6 Å². The number of halogens is 2. The van der Waals surface area contributed by atoms with Gasteiger partial charge in [-0.2, -0.15) is 0 Å². The second-order valence-corrected chi connectivity index (χ2v) is 4.37. The van der Waals surface area contributed by atoms with Crippen molar-refractivity contribution in [3.05, 3.63) is 56.7 Å². The van der Waals surface area contributed by atoms with Crippen LogP contribution in [0.3, 0.4) is 0 Å². The van der Waals surface area contributed by atoms with Crippen LogP contribution in [0.5, 0.6) is 0 Å². The lowest BCUT2D eigenvalue weighted by atomic mass is 10.2. The van der Waals surface area contributed by atoms with Crippen molar-refractivity contribution in [1.82, 2.24) is 0 Å². The molecular formula is C12H8ClFN2O5. The molecule has 2 N–H and O–H groups in total. The fourth-order valence-electron chi connectivity index (χ4n) is 1.60. The molecule has 1 heterocycles. The van der Waals surface area contributed by atoms with Crippen molar-refractivity contribution < 1.29 is 23.6 Å². The average Bonchev–Trinajstić information content (AvgIpc) is 2.88. The SMILES string of the molecule is O=C(O)c1ccc(CNc2cc(F)c(Cl)cc2[N+](=O)[O-])o1. The molecule has 1 aromatic carbocycles. The molecule has 2 aromatic rings. The van der Waals surface area contributed by atoms with Crippen LogP contribution in [0.4, 0.5) is 15.8 Å². The molecule has 0 bridgehead atoms. The molecule has 0 saturated heterocycles. The lowest BCUT2D eigenvalue weighted by Gasteiger charge is -2.06. The van der Waals surface area contributed by atoms with Gasteiger partial charge in [0.1, 0.15) is 17.3 Å². The Balaban J connectivity index is 2.20. The van der Waals surface area contributed by atoms with Gasteiger partial charge >= 0.3 is 5.97 Å². The number of rotatable bonds is 5. The zero-order valence-electron chi connectivity index (χ0n) is 10.3. The maximum absolute atomic E-state index is 13.4. The van der Waals surface area contributed by atoms with Crippen molar-refractivity contribution in [3.8, 4) is 0 Å². The van der Waals surface area contributed by atoms with Gasteiger partial charge in [-0.15, -0.1) is 0 Å². The third-order valence-electron chi connectivity index (χ3n) is 2.56. The number of hydrogen-bond donors (Lipinski definition) is 2. The quantitative estimate of drug-likeness (QED) is 0.648. The summed E-state index contributed by atoms with van der Waals surface area (Å²) in [6.07, 6.45) is 0. The zero-order chi connectivity index (χ0) is 15.6. The number of hydrogen-bond acceptors (Lipinski definition) is 5. The molecule has 21 heavy (non-hydrogen) atoms. The first kappa shape index (κ1) is 14.8. The Bertz CT molecular complexity index is 716. The molecule has 110 valence electrons. The van der Waals surface area contributed by atoms with Crippen LogP contribution in [0.2, 0.25) is 5.02 Å². The van der Waals surface area contributed by atoms with Gasteiger partial charge in [-0.1, -0.05) is 11.6 Å². The molecule has 2 rings (SSSR count). The van der Waals surface area contributed by atoms with Gasteiger partial charge in [0.25, 0.3) is 5.69 Å². The molecule has 0 fully saturated rings. The van der Waals surface area contributed by atoms with E-state index in [-0.39, 0.29) is 28.8 Å². The summed E-state index contributed by atoms with van der Waals surface area (Å²) in [5.74, 6) is -2.07. The first-order valence-corrected chi connectivity index (χ1v) is 5.95. The van der Waals surface area contributed by atoms with Crippen molar-refractivity contribution in [2.24, 2.45) is 0 Å². The van der Waals surface area contributed by atoms with E-state index in [0.717, 1.165) is 12.1 Å². The van der Waals surface area contributed by atoms with Gasteiger partial charge in [-0.05, 0) is 12.1 Å². The minimum Gasteiger partial charge on any atom is -0.475 e. The number of anilines is 1. The molecule has 0 spiro atoms. The third kappa shape index (κ3) is 3.29. The van der Waals surface area contributed by atoms with E-state index in [9.17, 15) is 19.3 Å². The molecule has 0 unspecified atom stereocenters. The summed E-state index contributed by atoms with van der Waals surface area (Å²) in [6, 6.07) is 4.43. The highest BCUT2D eigenvalue weighted by Gasteiger charge is 2.18. The fraction of sp³-hybridized carbons (Fsp3) is 0.0833. The summed E-state index contributed by atoms with van der Waals surface area (Å²) in [6.45, 7) is -0.0464. The van der Waals surface area contributed by atoms with Gasteiger partial charge in [0.15, 0.2) is 0 Å². The predicted octanol–water partition coefficient (Wildman–Crippen LogP) is 3.29. The lowest BCUT2D eigenvalue weighted by Crippen LogP contribution is -2.03. The van der Waals surface area contributed by atoms with E-state index in [1.807, 2.05) is 0 Å². The molecule has 0 atom stereocenters. The number of carboxylic acids is 1. The molecule has 7 nitrogen and oxygen atoms in total. The van der Waals surface area contributed by atoms with Crippen LogP contribution in [0.1, 0.15) is 16.3 Å². The van der Waals surface area contributed by atoms with Crippen LogP contribution in [0.25, 0.3) is 0 Å². The van der Waals surface area contributed by atoms with Crippen molar-refractivity contribution in [3.63, 3.8) is 0 Å². The van der Waals surface area contributed by atoms with Gasteiger partial charge < -0.3 is 14.8 Å². The van der Waals surface area contributed by atoms with Crippen LogP contribution < -0.4 is 5.32 Å². The van der Waals surface area contributed by atoms with E-state index in [2.05, 4.69) is 5.32 Å². The number of nitro benzene ring substituents is 1. The Morgan fingerprint density at radius 1 is 1.48 bits per heavy atom. The summed E-state index contributed by atoms with van der Waals surface area (Å²) in [5.41, 5.74) is -0.485. The summed E-state index contributed by atoms with van der Waals surface area (Å²) in [7, 11) is 0. The molecule has 0 saturated carbocycles. The van der Waals surface area contributed by atoms with E-state index in [1.165, 1.54) is 12.1 Å². The predicted molar refractivity (Wildman–Crippen MR) is 71.1 cm³/mol. The van der Waals surface area contributed by atoms with Crippen LogP contribution in [-0.4, -0.2) is 16.0 Å². The summed E-state index contributed by atoms with van der Waals surface area (Å²) < 4.78 is 18.3. The van der Waals surface area contributed by atoms with Crippen LogP contribution in [0.15, 0.2) is 28.7 Å². The van der Waals surface area contributed by atoms with Gasteiger partial charge in [-0.25, -0.2) is 9.18 Å². The summed E-state index contributed by atoms with van der Waals surface area (Å²) >= 11 is 5.49. The molecule has 0 amide bonds. The van der Waals surface area contributed by atoms with Crippen molar-refractivity contribution in [1.29, 1.82) is 0 Å². The van der Waals surface area contributed by atoms with E-state index in [4.69, 9.17) is 21.1 Å². The van der Waals surface area contributed by atoms with E-state index < -0.39 is 22.4 Å². The number of nitro groups is 1. The molecule has 0 aliphatic rings. The lowest BCUT2D eigenvalue weighted by molar-refractivity contribution is -0.384. The minimum atomic E-state index is -1.23. The third-order valence-corrected chi connectivity index (χ3v) is 2.85. The number of nitrogens with zero attached hydrogens (tertiary/aromatic N) is 1. The number of benzene rings is 1. The second kappa shape index (κ2) is 5.80. The first-order chi connectivity index (χ1) is 9.88. The number of nitrogens with one attached hydrogen (secondary N) is 1. The standard InChI is InChI=1S/C12H8ClFN2O5/c13-7-3-10(16(19)20)9(4-8(7)14)15-5-6-1-2-11(21-6)12(17)18/h1-4,15H,5H2,(H,17,18). The second-order valence-electron chi connectivity index (χ2n) is 3.97. The molecule has 0 aliphatic carbocycles. The molecule has 9 heteroatoms. The number of furan rings is 1. The number of carboxylic acid groups (broad SMARTS) is 1. The Morgan fingerprint density at radius 3 is 2.76 bits per heavy atom. The average molecular weight is 315 g/mol. The Labute approximate surface area is 122 Å². The topological polar surface area (TPSA) is 106 Å². The largest absolute Gasteiger partial charge is 0.475 e. The smallest absolute Gasteiger partial charge is 0.371 e. The van der Waals surface area contributed by atoms with E-state index >= 15 is 0 Å². The van der Waals surface area contributed by atoms with Gasteiger partial charge in [-0.3, -0.25) is 10.1 Å². The summed E-state index contributed by atoms with van der Waals surface area (Å²) in [5, 5.41) is 21.8. The first-order valence-electron chi connectivity index (χ1n) is 5.58. The Hall–Kier alpha value is -2.61. The Morgan fingerprint density at radius 2 is 2.19 bits per heavy atom. The minimum absolute atomic E-state index is 0.0464. The number of aromatic carboxylic acids is 1. The monoisotopic (exact) mass is 314 g/mol. The molecule has 0 aliphatic heterocycles. The van der Waals surface area contributed by atoms with Crippen LogP contribution in [0, 0.1) is 15.9 Å². The number of carbonyl (C=O) groups is 1. The highest BCUT2D eigenvalue weighted by atomic mass is 35.5. The van der Waals surface area contributed by atoms with Crippen molar-refractivity contribution >= 4 is 28.9 Å². The molecule has 0 radical (unpaired) electrons. The highest BCUT2D eigenvalue weighted by molar-refractivity contribution is 6.31. The Kier molecular flexibility index (Phi) is 4.08. The highest BCUT2D eigenvalue weighted by Crippen LogP contribution is 2.30. The van der Waals surface area contributed by atoms with Gasteiger partial charge in [0, 0.05) is 12.1 Å². The summed E-state index contributed by atoms with van der Waals surface area (Å²) in [4.78, 5) is 20.8. The van der Waals surface area contributed by atoms with Crippen molar-refractivity contribution in [2.45, 2.75) is 6.54 Å². The van der Waals surface area contributed by atoms with Crippen molar-refractivity contribution in [2.75, 3.05) is 5.32 Å².